The molecule has 4 rings (SSSR count). The molecule has 3 aromatic carbocycles. The number of hydrogen-bond acceptors (Lipinski definition) is 2. The number of Topliss-reactive ketones (excluding diaryl/α,β-unsaturated/α-hetero) is 1. The van der Waals surface area contributed by atoms with E-state index in [0.29, 0.717) is 10.6 Å². The highest BCUT2D eigenvalue weighted by molar-refractivity contribution is 6.30. The fourth-order valence-corrected chi connectivity index (χ4v) is 3.84. The van der Waals surface area contributed by atoms with Crippen LogP contribution < -0.4 is 5.32 Å². The summed E-state index contributed by atoms with van der Waals surface area (Å²) in [5.41, 5.74) is 3.34. The summed E-state index contributed by atoms with van der Waals surface area (Å²) in [6.45, 7) is 0. The first kappa shape index (κ1) is 17.5. The number of halogens is 1. The van der Waals surface area contributed by atoms with Crippen LogP contribution in [0.25, 0.3) is 0 Å². The van der Waals surface area contributed by atoms with E-state index in [2.05, 4.69) is 5.32 Å². The van der Waals surface area contributed by atoms with Gasteiger partial charge in [-0.2, -0.15) is 0 Å². The second kappa shape index (κ2) is 7.37. The molecule has 1 N–H and O–H groups in total. The van der Waals surface area contributed by atoms with Crippen LogP contribution in [-0.4, -0.2) is 11.7 Å². The number of ketones is 1. The third-order valence-corrected chi connectivity index (χ3v) is 5.29. The van der Waals surface area contributed by atoms with Gasteiger partial charge >= 0.3 is 0 Å². The van der Waals surface area contributed by atoms with Gasteiger partial charge in [-0.25, -0.2) is 0 Å². The molecule has 0 saturated carbocycles. The summed E-state index contributed by atoms with van der Waals surface area (Å²) in [6, 6.07) is 24.3. The van der Waals surface area contributed by atoms with Crippen LogP contribution in [0.2, 0.25) is 5.02 Å². The quantitative estimate of drug-likeness (QED) is 0.604. The van der Waals surface area contributed by atoms with Crippen LogP contribution in [0.15, 0.2) is 78.9 Å². The molecule has 2 atom stereocenters. The number of hydrogen-bond donors (Lipinski definition) is 1. The molecule has 0 aromatic heterocycles. The second-order valence-corrected chi connectivity index (χ2v) is 7.14. The first-order valence-corrected chi connectivity index (χ1v) is 9.25. The topological polar surface area (TPSA) is 46.2 Å². The normalized spacial score (nSPS) is 16.5. The van der Waals surface area contributed by atoms with E-state index in [1.54, 1.807) is 12.1 Å². The Bertz CT molecular complexity index is 983. The molecule has 1 aliphatic rings. The fraction of sp³-hybridized carbons (Fsp3) is 0.130. The molecule has 4 heteroatoms. The summed E-state index contributed by atoms with van der Waals surface area (Å²) in [4.78, 5) is 25.7. The van der Waals surface area contributed by atoms with Gasteiger partial charge in [0.1, 0.15) is 0 Å². The minimum absolute atomic E-state index is 0.0210. The van der Waals surface area contributed by atoms with Gasteiger partial charge < -0.3 is 5.32 Å². The maximum atomic E-state index is 12.9. The number of carbonyl (C=O) groups excluding carboxylic acids is 2. The third-order valence-electron chi connectivity index (χ3n) is 5.04. The molecule has 0 spiro atoms. The van der Waals surface area contributed by atoms with E-state index < -0.39 is 5.92 Å². The van der Waals surface area contributed by atoms with Crippen LogP contribution in [0, 0.1) is 0 Å². The predicted molar refractivity (Wildman–Crippen MR) is 107 cm³/mol. The third kappa shape index (κ3) is 3.51. The van der Waals surface area contributed by atoms with Gasteiger partial charge in [-0.05, 0) is 29.3 Å². The van der Waals surface area contributed by atoms with Gasteiger partial charge in [-0.15, -0.1) is 0 Å². The second-order valence-electron chi connectivity index (χ2n) is 6.71. The maximum absolute atomic E-state index is 12.9. The molecule has 0 bridgehead atoms. The van der Waals surface area contributed by atoms with E-state index in [9.17, 15) is 9.59 Å². The molecular weight excluding hydrogens is 358 g/mol. The Kier molecular flexibility index (Phi) is 4.78. The lowest BCUT2D eigenvalue weighted by molar-refractivity contribution is -0.117. The average Bonchev–Trinajstić information content (AvgIpc) is 3.03. The van der Waals surface area contributed by atoms with Crippen molar-refractivity contribution in [3.05, 3.63) is 101 Å². The van der Waals surface area contributed by atoms with Crippen LogP contribution in [0.3, 0.4) is 0 Å². The standard InChI is InChI=1S/C23H18ClNO2/c24-17-12-10-15(11-13-17)19(14-21(26)16-6-2-1-3-7-16)22-18-8-4-5-9-20(18)25-23(22)27/h1-13,19,22H,14H2,(H,25,27). The Morgan fingerprint density at radius 1 is 0.926 bits per heavy atom. The highest BCUT2D eigenvalue weighted by atomic mass is 35.5. The molecule has 0 aliphatic carbocycles. The van der Waals surface area contributed by atoms with Crippen molar-refractivity contribution in [1.29, 1.82) is 0 Å². The molecule has 3 aromatic rings. The lowest BCUT2D eigenvalue weighted by atomic mass is 9.78. The van der Waals surface area contributed by atoms with E-state index in [1.165, 1.54) is 0 Å². The number of amides is 1. The Morgan fingerprint density at radius 2 is 1.59 bits per heavy atom. The van der Waals surface area contributed by atoms with Crippen LogP contribution in [0.4, 0.5) is 5.69 Å². The lowest BCUT2D eigenvalue weighted by Gasteiger charge is -2.23. The Balaban J connectivity index is 1.74. The molecule has 1 aliphatic heterocycles. The number of benzene rings is 3. The molecular formula is C23H18ClNO2. The van der Waals surface area contributed by atoms with Gasteiger partial charge in [-0.1, -0.05) is 72.3 Å². The van der Waals surface area contributed by atoms with Gasteiger partial charge in [-0.3, -0.25) is 9.59 Å². The van der Waals surface area contributed by atoms with Gasteiger partial charge in [0.05, 0.1) is 5.92 Å². The molecule has 0 fully saturated rings. The van der Waals surface area contributed by atoms with E-state index in [1.807, 2.05) is 66.7 Å². The van der Waals surface area contributed by atoms with Crippen molar-refractivity contribution in [3.63, 3.8) is 0 Å². The van der Waals surface area contributed by atoms with E-state index in [4.69, 9.17) is 11.6 Å². The van der Waals surface area contributed by atoms with Gasteiger partial charge in [0, 0.05) is 28.6 Å². The summed E-state index contributed by atoms with van der Waals surface area (Å²) >= 11 is 6.04. The van der Waals surface area contributed by atoms with Gasteiger partial charge in [0.25, 0.3) is 0 Å². The molecule has 1 amide bonds. The van der Waals surface area contributed by atoms with Crippen molar-refractivity contribution in [3.8, 4) is 0 Å². The summed E-state index contributed by atoms with van der Waals surface area (Å²) in [5, 5.41) is 3.57. The van der Waals surface area contributed by atoms with Crippen molar-refractivity contribution >= 4 is 29.0 Å². The van der Waals surface area contributed by atoms with Crippen molar-refractivity contribution in [2.24, 2.45) is 0 Å². The minimum atomic E-state index is -0.407. The molecule has 0 saturated heterocycles. The smallest absolute Gasteiger partial charge is 0.232 e. The number of anilines is 1. The van der Waals surface area contributed by atoms with E-state index in [-0.39, 0.29) is 24.0 Å². The van der Waals surface area contributed by atoms with Crippen LogP contribution in [0.1, 0.15) is 39.7 Å². The zero-order valence-corrected chi connectivity index (χ0v) is 15.3. The molecule has 3 nitrogen and oxygen atoms in total. The molecule has 134 valence electrons. The Hall–Kier alpha value is -2.91. The zero-order valence-electron chi connectivity index (χ0n) is 14.6. The molecule has 27 heavy (non-hydrogen) atoms. The van der Waals surface area contributed by atoms with Crippen molar-refractivity contribution < 1.29 is 9.59 Å². The minimum Gasteiger partial charge on any atom is -0.325 e. The van der Waals surface area contributed by atoms with E-state index in [0.717, 1.165) is 16.8 Å². The maximum Gasteiger partial charge on any atom is 0.232 e. The average molecular weight is 376 g/mol. The monoisotopic (exact) mass is 375 g/mol. The Morgan fingerprint density at radius 3 is 2.33 bits per heavy atom. The summed E-state index contributed by atoms with van der Waals surface area (Å²) in [6.07, 6.45) is 0.248. The molecule has 1 heterocycles. The van der Waals surface area contributed by atoms with Crippen LogP contribution in [0.5, 0.6) is 0 Å². The lowest BCUT2D eigenvalue weighted by Crippen LogP contribution is -2.22. The summed E-state index contributed by atoms with van der Waals surface area (Å²) in [7, 11) is 0. The van der Waals surface area contributed by atoms with E-state index >= 15 is 0 Å². The largest absolute Gasteiger partial charge is 0.325 e. The highest BCUT2D eigenvalue weighted by Gasteiger charge is 2.38. The van der Waals surface area contributed by atoms with Crippen molar-refractivity contribution in [2.75, 3.05) is 5.32 Å². The molecule has 0 radical (unpaired) electrons. The van der Waals surface area contributed by atoms with Crippen molar-refractivity contribution in [2.45, 2.75) is 18.3 Å². The number of nitrogens with one attached hydrogen (secondary N) is 1. The summed E-state index contributed by atoms with van der Waals surface area (Å²) < 4.78 is 0. The number of para-hydroxylation sites is 1. The fourth-order valence-electron chi connectivity index (χ4n) is 3.71. The zero-order chi connectivity index (χ0) is 18.8. The van der Waals surface area contributed by atoms with Crippen LogP contribution in [-0.2, 0) is 4.79 Å². The number of carbonyl (C=O) groups is 2. The SMILES string of the molecule is O=C(CC(c1ccc(Cl)cc1)C1C(=O)Nc2ccccc21)c1ccccc1. The van der Waals surface area contributed by atoms with Crippen molar-refractivity contribution in [1.82, 2.24) is 0 Å². The Labute approximate surface area is 163 Å². The van der Waals surface area contributed by atoms with Crippen LogP contribution >= 0.6 is 11.6 Å². The summed E-state index contributed by atoms with van der Waals surface area (Å²) in [5.74, 6) is -0.724. The highest BCUT2D eigenvalue weighted by Crippen LogP contribution is 2.44. The number of fused-ring (bicyclic) bond motifs is 1. The van der Waals surface area contributed by atoms with Gasteiger partial charge in [0.15, 0.2) is 5.78 Å². The molecule has 2 unspecified atom stereocenters. The number of rotatable bonds is 5. The first-order chi connectivity index (χ1) is 13.1. The van der Waals surface area contributed by atoms with Gasteiger partial charge in [0.2, 0.25) is 5.91 Å². The first-order valence-electron chi connectivity index (χ1n) is 8.87. The predicted octanol–water partition coefficient (Wildman–Crippen LogP) is 5.43.